The number of carbonyl (C=O) groups is 1. The molecule has 1 amide bonds. The summed E-state index contributed by atoms with van der Waals surface area (Å²) in [5, 5.41) is 0. The average Bonchev–Trinajstić information content (AvgIpc) is 3.00. The van der Waals surface area contributed by atoms with Crippen LogP contribution in [0.3, 0.4) is 0 Å². The van der Waals surface area contributed by atoms with E-state index in [1.165, 1.54) is 0 Å². The number of carbonyl (C=O) groups excluding carboxylic acids is 1. The zero-order valence-electron chi connectivity index (χ0n) is 12.5. The molecular formula is C14H27N3O3. The van der Waals surface area contributed by atoms with Gasteiger partial charge in [-0.25, -0.2) is 0 Å². The lowest BCUT2D eigenvalue weighted by Crippen LogP contribution is -2.55. The lowest BCUT2D eigenvalue weighted by Gasteiger charge is -2.29. The van der Waals surface area contributed by atoms with Gasteiger partial charge in [0.15, 0.2) is 0 Å². The zero-order chi connectivity index (χ0) is 14.8. The van der Waals surface area contributed by atoms with Crippen LogP contribution in [0.5, 0.6) is 0 Å². The van der Waals surface area contributed by atoms with Crippen molar-refractivity contribution in [3.8, 4) is 0 Å². The lowest BCUT2D eigenvalue weighted by molar-refractivity contribution is -0.124. The molecule has 0 bridgehead atoms. The van der Waals surface area contributed by atoms with Gasteiger partial charge < -0.3 is 20.9 Å². The van der Waals surface area contributed by atoms with E-state index in [0.717, 1.165) is 38.9 Å². The highest BCUT2D eigenvalue weighted by atomic mass is 16.5. The van der Waals surface area contributed by atoms with Crippen molar-refractivity contribution in [2.45, 2.75) is 43.4 Å². The first kappa shape index (κ1) is 15.7. The summed E-state index contributed by atoms with van der Waals surface area (Å²) < 4.78 is 10.9. The third-order valence-corrected chi connectivity index (χ3v) is 5.02. The molecule has 4 unspecified atom stereocenters. The second-order valence-corrected chi connectivity index (χ2v) is 6.09. The molecule has 1 saturated heterocycles. The molecule has 0 radical (unpaired) electrons. The molecule has 4 N–H and O–H groups in total. The van der Waals surface area contributed by atoms with Gasteiger partial charge in [-0.15, -0.1) is 0 Å². The van der Waals surface area contributed by atoms with E-state index < -0.39 is 5.54 Å². The van der Waals surface area contributed by atoms with E-state index in [2.05, 4.69) is 4.90 Å². The van der Waals surface area contributed by atoms with Crippen LogP contribution in [0.1, 0.15) is 25.7 Å². The fraction of sp³-hybridized carbons (Fsp3) is 0.929. The summed E-state index contributed by atoms with van der Waals surface area (Å²) in [7, 11) is 3.43. The molecule has 0 aromatic carbocycles. The fourth-order valence-electron chi connectivity index (χ4n) is 3.62. The molecule has 0 aromatic heterocycles. The van der Waals surface area contributed by atoms with Crippen LogP contribution in [0.25, 0.3) is 0 Å². The molecule has 20 heavy (non-hydrogen) atoms. The van der Waals surface area contributed by atoms with E-state index in [9.17, 15) is 4.79 Å². The topological polar surface area (TPSA) is 90.8 Å². The molecule has 1 saturated carbocycles. The molecule has 1 aliphatic carbocycles. The van der Waals surface area contributed by atoms with Crippen molar-refractivity contribution in [3.63, 3.8) is 0 Å². The Bertz CT molecular complexity index is 341. The van der Waals surface area contributed by atoms with E-state index in [4.69, 9.17) is 20.9 Å². The first-order valence-electron chi connectivity index (χ1n) is 7.38. The minimum atomic E-state index is -0.805. The van der Waals surface area contributed by atoms with E-state index >= 15 is 0 Å². The zero-order valence-corrected chi connectivity index (χ0v) is 12.5. The molecule has 116 valence electrons. The molecule has 2 aliphatic rings. The van der Waals surface area contributed by atoms with Crippen molar-refractivity contribution >= 4 is 5.91 Å². The number of hydrogen-bond donors (Lipinski definition) is 2. The maximum absolute atomic E-state index is 11.6. The third-order valence-electron chi connectivity index (χ3n) is 5.02. The van der Waals surface area contributed by atoms with Crippen LogP contribution in [-0.2, 0) is 14.3 Å². The largest absolute Gasteiger partial charge is 0.377 e. The molecule has 4 atom stereocenters. The molecule has 0 spiro atoms. The molecule has 0 aromatic rings. The van der Waals surface area contributed by atoms with Crippen LogP contribution < -0.4 is 11.5 Å². The summed E-state index contributed by atoms with van der Waals surface area (Å²) in [6.45, 7) is 2.66. The maximum Gasteiger partial charge on any atom is 0.237 e. The van der Waals surface area contributed by atoms with Crippen molar-refractivity contribution in [2.24, 2.45) is 17.4 Å². The number of primary amides is 1. The normalized spacial score (nSPS) is 38.5. The van der Waals surface area contributed by atoms with Crippen LogP contribution in [0.2, 0.25) is 0 Å². The van der Waals surface area contributed by atoms with E-state index in [-0.39, 0.29) is 24.0 Å². The second kappa shape index (κ2) is 6.39. The van der Waals surface area contributed by atoms with Gasteiger partial charge in [0, 0.05) is 27.3 Å². The molecule has 6 nitrogen and oxygen atoms in total. The number of likely N-dealkylation sites (tertiary alicyclic amines) is 1. The van der Waals surface area contributed by atoms with Gasteiger partial charge in [0.2, 0.25) is 5.91 Å². The van der Waals surface area contributed by atoms with Gasteiger partial charge >= 0.3 is 0 Å². The van der Waals surface area contributed by atoms with Gasteiger partial charge in [-0.3, -0.25) is 9.69 Å². The molecule has 1 aliphatic heterocycles. The predicted molar refractivity (Wildman–Crippen MR) is 76.1 cm³/mol. The molecular weight excluding hydrogens is 258 g/mol. The van der Waals surface area contributed by atoms with Crippen LogP contribution in [0.4, 0.5) is 0 Å². The number of ether oxygens (including phenoxy) is 2. The molecule has 2 rings (SSSR count). The Morgan fingerprint density at radius 1 is 1.30 bits per heavy atom. The predicted octanol–water partition coefficient (Wildman–Crippen LogP) is -0.295. The van der Waals surface area contributed by atoms with Crippen molar-refractivity contribution in [1.29, 1.82) is 0 Å². The highest BCUT2D eigenvalue weighted by Gasteiger charge is 2.44. The first-order valence-corrected chi connectivity index (χ1v) is 7.38. The van der Waals surface area contributed by atoms with Gasteiger partial charge in [-0.05, 0) is 31.7 Å². The van der Waals surface area contributed by atoms with Crippen LogP contribution in [-0.4, -0.2) is 62.4 Å². The first-order chi connectivity index (χ1) is 9.51. The molecule has 6 heteroatoms. The van der Waals surface area contributed by atoms with Gasteiger partial charge in [0.25, 0.3) is 0 Å². The monoisotopic (exact) mass is 285 g/mol. The number of nitrogens with two attached hydrogens (primary N) is 2. The Hall–Kier alpha value is -0.690. The smallest absolute Gasteiger partial charge is 0.237 e. The minimum Gasteiger partial charge on any atom is -0.377 e. The lowest BCUT2D eigenvalue weighted by atomic mass is 9.85. The van der Waals surface area contributed by atoms with Crippen LogP contribution in [0.15, 0.2) is 0 Å². The van der Waals surface area contributed by atoms with E-state index in [0.29, 0.717) is 6.42 Å². The van der Waals surface area contributed by atoms with Crippen LogP contribution in [0, 0.1) is 5.92 Å². The van der Waals surface area contributed by atoms with Gasteiger partial charge in [0.1, 0.15) is 0 Å². The quantitative estimate of drug-likeness (QED) is 0.699. The van der Waals surface area contributed by atoms with Gasteiger partial charge in [-0.1, -0.05) is 6.42 Å². The number of hydrogen-bond acceptors (Lipinski definition) is 5. The van der Waals surface area contributed by atoms with Crippen LogP contribution >= 0.6 is 0 Å². The summed E-state index contributed by atoms with van der Waals surface area (Å²) >= 11 is 0. The van der Waals surface area contributed by atoms with Crippen molar-refractivity contribution in [3.05, 3.63) is 0 Å². The summed E-state index contributed by atoms with van der Waals surface area (Å²) in [4.78, 5) is 13.9. The number of amides is 1. The SMILES string of the molecule is COC1CN(CCC2CCCC2(N)C(N)=O)CC1OC. The number of nitrogens with zero attached hydrogens (tertiary/aromatic N) is 1. The summed E-state index contributed by atoms with van der Waals surface area (Å²) in [5.74, 6) is -0.159. The Morgan fingerprint density at radius 2 is 1.90 bits per heavy atom. The van der Waals surface area contributed by atoms with Gasteiger partial charge in [-0.2, -0.15) is 0 Å². The van der Waals surface area contributed by atoms with Gasteiger partial charge in [0.05, 0.1) is 17.7 Å². The maximum atomic E-state index is 11.6. The Kier molecular flexibility index (Phi) is 5.01. The average molecular weight is 285 g/mol. The fourth-order valence-corrected chi connectivity index (χ4v) is 3.62. The summed E-state index contributed by atoms with van der Waals surface area (Å²) in [6.07, 6.45) is 3.87. The Labute approximate surface area is 120 Å². The Balaban J connectivity index is 1.85. The van der Waals surface area contributed by atoms with Crippen molar-refractivity contribution in [2.75, 3.05) is 33.9 Å². The van der Waals surface area contributed by atoms with Crippen molar-refractivity contribution in [1.82, 2.24) is 4.90 Å². The highest BCUT2D eigenvalue weighted by Crippen LogP contribution is 2.36. The Morgan fingerprint density at radius 3 is 2.40 bits per heavy atom. The third kappa shape index (κ3) is 2.98. The molecule has 1 heterocycles. The second-order valence-electron chi connectivity index (χ2n) is 6.09. The molecule has 2 fully saturated rings. The highest BCUT2D eigenvalue weighted by molar-refractivity contribution is 5.85. The van der Waals surface area contributed by atoms with E-state index in [1.54, 1.807) is 14.2 Å². The van der Waals surface area contributed by atoms with Crippen molar-refractivity contribution < 1.29 is 14.3 Å². The number of methoxy groups -OCH3 is 2. The summed E-state index contributed by atoms with van der Waals surface area (Å²) in [5.41, 5.74) is 10.9. The minimum absolute atomic E-state index is 0.127. The standard InChI is InChI=1S/C14H27N3O3/c1-19-11-8-17(9-12(11)20-2)7-5-10-4-3-6-14(10,16)13(15)18/h10-12H,3-9,16H2,1-2H3,(H2,15,18). The van der Waals surface area contributed by atoms with E-state index in [1.807, 2.05) is 0 Å². The summed E-state index contributed by atoms with van der Waals surface area (Å²) in [6, 6.07) is 0. The number of rotatable bonds is 6.